The molecule has 3 rings (SSSR count). The molecule has 1 aromatic heterocycles. The van der Waals surface area contributed by atoms with E-state index in [1.54, 1.807) is 19.2 Å². The molecule has 0 unspecified atom stereocenters. The third kappa shape index (κ3) is 6.27. The predicted octanol–water partition coefficient (Wildman–Crippen LogP) is 3.25. The number of methoxy groups -OCH3 is 1. The van der Waals surface area contributed by atoms with Crippen LogP contribution in [0.5, 0.6) is 5.75 Å². The summed E-state index contributed by atoms with van der Waals surface area (Å²) in [5.74, 6) is 0.885. The molecule has 2 N–H and O–H groups in total. The minimum absolute atomic E-state index is 0.245. The van der Waals surface area contributed by atoms with Gasteiger partial charge in [-0.3, -0.25) is 4.79 Å². The van der Waals surface area contributed by atoms with Crippen LogP contribution in [0.25, 0.3) is 0 Å². The largest absolute Gasteiger partial charge is 0.497 e. The highest BCUT2D eigenvalue weighted by Gasteiger charge is 2.07. The number of hydrogen-bond acceptors (Lipinski definition) is 5. The Labute approximate surface area is 169 Å². The van der Waals surface area contributed by atoms with Crippen LogP contribution in [0.15, 0.2) is 60.9 Å². The van der Waals surface area contributed by atoms with Crippen LogP contribution in [0.4, 0.5) is 10.2 Å². The second-order valence-corrected chi connectivity index (χ2v) is 6.44. The van der Waals surface area contributed by atoms with Crippen molar-refractivity contribution in [3.63, 3.8) is 0 Å². The number of anilines is 1. The Kier molecular flexibility index (Phi) is 7.10. The lowest BCUT2D eigenvalue weighted by atomic mass is 10.1. The number of ether oxygens (including phenoxy) is 1. The molecule has 0 fully saturated rings. The van der Waals surface area contributed by atoms with E-state index in [4.69, 9.17) is 4.74 Å². The Hall–Kier alpha value is -3.48. The number of carbonyl (C=O) groups is 1. The smallest absolute Gasteiger partial charge is 0.271 e. The Balaban J connectivity index is 1.41. The molecule has 0 aliphatic heterocycles. The topological polar surface area (TPSA) is 76.1 Å². The molecule has 3 aromatic rings. The van der Waals surface area contributed by atoms with Crippen molar-refractivity contribution in [2.75, 3.05) is 25.5 Å². The van der Waals surface area contributed by atoms with Gasteiger partial charge in [0, 0.05) is 13.1 Å². The SMILES string of the molecule is COc1ccc(CCNC(=O)c2cnc(NCCc3ccc(F)cc3)cn2)cc1. The molecule has 7 heteroatoms. The van der Waals surface area contributed by atoms with Crippen molar-refractivity contribution < 1.29 is 13.9 Å². The fraction of sp³-hybridized carbons (Fsp3) is 0.227. The van der Waals surface area contributed by atoms with Gasteiger partial charge in [0.05, 0.1) is 19.5 Å². The van der Waals surface area contributed by atoms with Crippen molar-refractivity contribution in [2.24, 2.45) is 0 Å². The van der Waals surface area contributed by atoms with Crippen molar-refractivity contribution in [1.82, 2.24) is 15.3 Å². The number of halogens is 1. The summed E-state index contributed by atoms with van der Waals surface area (Å²) in [6.07, 6.45) is 4.42. The third-order valence-corrected chi connectivity index (χ3v) is 4.38. The summed E-state index contributed by atoms with van der Waals surface area (Å²) < 4.78 is 18.0. The number of rotatable bonds is 9. The lowest BCUT2D eigenvalue weighted by molar-refractivity contribution is 0.0949. The van der Waals surface area contributed by atoms with Crippen molar-refractivity contribution in [3.8, 4) is 5.75 Å². The number of nitrogens with one attached hydrogen (secondary N) is 2. The fourth-order valence-electron chi connectivity index (χ4n) is 2.73. The molecule has 1 heterocycles. The summed E-state index contributed by atoms with van der Waals surface area (Å²) in [6, 6.07) is 14.1. The highest BCUT2D eigenvalue weighted by Crippen LogP contribution is 2.11. The minimum Gasteiger partial charge on any atom is -0.497 e. The minimum atomic E-state index is -0.260. The van der Waals surface area contributed by atoms with Crippen LogP contribution in [0.1, 0.15) is 21.6 Å². The molecule has 150 valence electrons. The van der Waals surface area contributed by atoms with E-state index < -0.39 is 0 Å². The van der Waals surface area contributed by atoms with Crippen molar-refractivity contribution in [1.29, 1.82) is 0 Å². The van der Waals surface area contributed by atoms with Gasteiger partial charge in [-0.05, 0) is 48.2 Å². The lowest BCUT2D eigenvalue weighted by Crippen LogP contribution is -2.26. The van der Waals surface area contributed by atoms with Crippen LogP contribution in [0, 0.1) is 5.82 Å². The molecule has 0 bridgehead atoms. The summed E-state index contributed by atoms with van der Waals surface area (Å²) in [5.41, 5.74) is 2.40. The number of aromatic nitrogens is 2. The number of hydrogen-bond donors (Lipinski definition) is 2. The molecule has 1 amide bonds. The second-order valence-electron chi connectivity index (χ2n) is 6.44. The molecule has 0 atom stereocenters. The molecule has 0 aliphatic carbocycles. The highest BCUT2D eigenvalue weighted by molar-refractivity contribution is 5.91. The number of amides is 1. The van der Waals surface area contributed by atoms with Gasteiger partial charge in [-0.1, -0.05) is 24.3 Å². The van der Waals surface area contributed by atoms with Gasteiger partial charge < -0.3 is 15.4 Å². The standard InChI is InChI=1S/C22H23FN4O2/c1-29-19-8-4-17(5-9-19)11-13-25-22(28)20-14-27-21(15-26-20)24-12-10-16-2-6-18(23)7-3-16/h2-9,14-15H,10-13H2,1H3,(H,24,27)(H,25,28). The van der Waals surface area contributed by atoms with Gasteiger partial charge in [0.2, 0.25) is 0 Å². The van der Waals surface area contributed by atoms with E-state index in [0.29, 0.717) is 25.3 Å². The third-order valence-electron chi connectivity index (χ3n) is 4.38. The molecule has 0 aliphatic rings. The molecule has 0 spiro atoms. The molecule has 0 radical (unpaired) electrons. The van der Waals surface area contributed by atoms with Gasteiger partial charge >= 0.3 is 0 Å². The van der Waals surface area contributed by atoms with Gasteiger partial charge in [0.1, 0.15) is 23.1 Å². The first-order chi connectivity index (χ1) is 14.1. The molecule has 6 nitrogen and oxygen atoms in total. The first kappa shape index (κ1) is 20.3. The molecule has 2 aromatic carbocycles. The molecule has 0 saturated carbocycles. The van der Waals surface area contributed by atoms with Crippen LogP contribution >= 0.6 is 0 Å². The maximum Gasteiger partial charge on any atom is 0.271 e. The van der Waals surface area contributed by atoms with E-state index in [9.17, 15) is 9.18 Å². The van der Waals surface area contributed by atoms with Gasteiger partial charge in [-0.15, -0.1) is 0 Å². The number of nitrogens with zero attached hydrogens (tertiary/aromatic N) is 2. The summed E-state index contributed by atoms with van der Waals surface area (Å²) >= 11 is 0. The summed E-state index contributed by atoms with van der Waals surface area (Å²) in [7, 11) is 1.63. The normalized spacial score (nSPS) is 10.4. The summed E-state index contributed by atoms with van der Waals surface area (Å²) in [5, 5.41) is 5.98. The second kappa shape index (κ2) is 10.2. The van der Waals surface area contributed by atoms with Crippen molar-refractivity contribution >= 4 is 11.7 Å². The van der Waals surface area contributed by atoms with Crippen molar-refractivity contribution in [3.05, 3.63) is 83.6 Å². The van der Waals surface area contributed by atoms with E-state index in [0.717, 1.165) is 23.3 Å². The quantitative estimate of drug-likeness (QED) is 0.583. The highest BCUT2D eigenvalue weighted by atomic mass is 19.1. The summed E-state index contributed by atoms with van der Waals surface area (Å²) in [4.78, 5) is 20.6. The Morgan fingerprint density at radius 2 is 1.59 bits per heavy atom. The summed E-state index contributed by atoms with van der Waals surface area (Å²) in [6.45, 7) is 1.14. The maximum atomic E-state index is 12.9. The van der Waals surface area contributed by atoms with E-state index >= 15 is 0 Å². The number of benzene rings is 2. The van der Waals surface area contributed by atoms with E-state index in [1.807, 2.05) is 24.3 Å². The van der Waals surface area contributed by atoms with Gasteiger partial charge in [-0.2, -0.15) is 0 Å². The maximum absolute atomic E-state index is 12.9. The van der Waals surface area contributed by atoms with Crippen LogP contribution in [0.2, 0.25) is 0 Å². The van der Waals surface area contributed by atoms with E-state index in [2.05, 4.69) is 20.6 Å². The van der Waals surface area contributed by atoms with Crippen LogP contribution < -0.4 is 15.4 Å². The Morgan fingerprint density at radius 3 is 2.21 bits per heavy atom. The fourth-order valence-corrected chi connectivity index (χ4v) is 2.73. The number of carbonyl (C=O) groups excluding carboxylic acids is 1. The molecular weight excluding hydrogens is 371 g/mol. The predicted molar refractivity (Wildman–Crippen MR) is 110 cm³/mol. The first-order valence-corrected chi connectivity index (χ1v) is 9.35. The zero-order valence-corrected chi connectivity index (χ0v) is 16.2. The van der Waals surface area contributed by atoms with E-state index in [-0.39, 0.29) is 17.4 Å². The Bertz CT molecular complexity index is 913. The van der Waals surface area contributed by atoms with Gasteiger partial charge in [0.15, 0.2) is 0 Å². The molecule has 29 heavy (non-hydrogen) atoms. The van der Waals surface area contributed by atoms with Gasteiger partial charge in [0.25, 0.3) is 5.91 Å². The van der Waals surface area contributed by atoms with Crippen LogP contribution in [0.3, 0.4) is 0 Å². The molecular formula is C22H23FN4O2. The molecule has 0 saturated heterocycles. The average molecular weight is 394 g/mol. The van der Waals surface area contributed by atoms with Crippen molar-refractivity contribution in [2.45, 2.75) is 12.8 Å². The average Bonchev–Trinajstić information content (AvgIpc) is 2.76. The lowest BCUT2D eigenvalue weighted by Gasteiger charge is -2.07. The van der Waals surface area contributed by atoms with E-state index in [1.165, 1.54) is 24.5 Å². The zero-order valence-electron chi connectivity index (χ0n) is 16.2. The van der Waals surface area contributed by atoms with Crippen LogP contribution in [-0.2, 0) is 12.8 Å². The Morgan fingerprint density at radius 1 is 0.931 bits per heavy atom. The van der Waals surface area contributed by atoms with Crippen LogP contribution in [-0.4, -0.2) is 36.1 Å². The monoisotopic (exact) mass is 394 g/mol. The first-order valence-electron chi connectivity index (χ1n) is 9.35. The van der Waals surface area contributed by atoms with Gasteiger partial charge in [-0.25, -0.2) is 14.4 Å². The zero-order chi connectivity index (χ0) is 20.5.